The minimum atomic E-state index is 0.547. The summed E-state index contributed by atoms with van der Waals surface area (Å²) in [6.45, 7) is 4.14. The van der Waals surface area contributed by atoms with Gasteiger partial charge >= 0.3 is 0 Å². The lowest BCUT2D eigenvalue weighted by Crippen LogP contribution is -1.95. The van der Waals surface area contributed by atoms with E-state index in [0.29, 0.717) is 5.82 Å². The number of rotatable bonds is 2. The van der Waals surface area contributed by atoms with Gasteiger partial charge in [0.15, 0.2) is 0 Å². The number of hydrogen-bond acceptors (Lipinski definition) is 4. The SMILES string of the molecule is Cc1cc(C)cc(-n2cc(-c3nn[nH]n3)cn2)c1. The predicted octanol–water partition coefficient (Wildman–Crippen LogP) is 1.67. The van der Waals surface area contributed by atoms with Crippen molar-refractivity contribution in [3.8, 4) is 17.1 Å². The third-order valence-corrected chi connectivity index (χ3v) is 2.66. The van der Waals surface area contributed by atoms with Gasteiger partial charge in [0, 0.05) is 6.20 Å². The molecule has 0 amide bonds. The molecule has 0 aliphatic rings. The Bertz CT molecular complexity index is 647. The molecule has 0 bridgehead atoms. The number of aryl methyl sites for hydroxylation is 2. The van der Waals surface area contributed by atoms with Crippen LogP contribution in [0.4, 0.5) is 0 Å². The lowest BCUT2D eigenvalue weighted by atomic mass is 10.1. The molecule has 0 spiro atoms. The van der Waals surface area contributed by atoms with Crippen LogP contribution in [0.25, 0.3) is 17.1 Å². The molecule has 0 saturated heterocycles. The van der Waals surface area contributed by atoms with Crippen molar-refractivity contribution in [2.24, 2.45) is 0 Å². The molecule has 90 valence electrons. The van der Waals surface area contributed by atoms with Gasteiger partial charge in [-0.3, -0.25) is 0 Å². The van der Waals surface area contributed by atoms with Gasteiger partial charge in [-0.15, -0.1) is 10.2 Å². The zero-order valence-corrected chi connectivity index (χ0v) is 10.1. The fraction of sp³-hybridized carbons (Fsp3) is 0.167. The molecule has 6 heteroatoms. The fourth-order valence-corrected chi connectivity index (χ4v) is 1.95. The number of tetrazole rings is 1. The maximum Gasteiger partial charge on any atom is 0.207 e. The van der Waals surface area contributed by atoms with Gasteiger partial charge in [-0.2, -0.15) is 10.3 Å². The van der Waals surface area contributed by atoms with E-state index in [0.717, 1.165) is 11.3 Å². The summed E-state index contributed by atoms with van der Waals surface area (Å²) in [6.07, 6.45) is 3.61. The van der Waals surface area contributed by atoms with Crippen molar-refractivity contribution < 1.29 is 0 Å². The Balaban J connectivity index is 2.03. The zero-order valence-electron chi connectivity index (χ0n) is 10.1. The number of benzene rings is 1. The Kier molecular flexibility index (Phi) is 2.40. The Morgan fingerprint density at radius 2 is 1.89 bits per heavy atom. The summed E-state index contributed by atoms with van der Waals surface area (Å²) < 4.78 is 1.81. The Labute approximate surface area is 104 Å². The minimum absolute atomic E-state index is 0.547. The lowest BCUT2D eigenvalue weighted by Gasteiger charge is -2.04. The van der Waals surface area contributed by atoms with Gasteiger partial charge < -0.3 is 0 Å². The van der Waals surface area contributed by atoms with Crippen molar-refractivity contribution in [1.82, 2.24) is 30.4 Å². The molecule has 0 unspecified atom stereocenters. The second-order valence-corrected chi connectivity index (χ2v) is 4.25. The molecule has 0 aliphatic heterocycles. The highest BCUT2D eigenvalue weighted by Gasteiger charge is 2.07. The van der Waals surface area contributed by atoms with Crippen LogP contribution in [-0.4, -0.2) is 30.4 Å². The van der Waals surface area contributed by atoms with Crippen LogP contribution in [0.5, 0.6) is 0 Å². The summed E-state index contributed by atoms with van der Waals surface area (Å²) in [5.41, 5.74) is 4.29. The Morgan fingerprint density at radius 3 is 2.56 bits per heavy atom. The molecule has 0 radical (unpaired) electrons. The van der Waals surface area contributed by atoms with Crippen molar-refractivity contribution in [3.63, 3.8) is 0 Å². The molecule has 2 aromatic heterocycles. The first-order valence-electron chi connectivity index (χ1n) is 5.59. The van der Waals surface area contributed by atoms with E-state index in [-0.39, 0.29) is 0 Å². The van der Waals surface area contributed by atoms with E-state index in [1.54, 1.807) is 6.20 Å². The number of aromatic amines is 1. The van der Waals surface area contributed by atoms with Crippen LogP contribution in [0, 0.1) is 13.8 Å². The van der Waals surface area contributed by atoms with Crippen LogP contribution >= 0.6 is 0 Å². The third kappa shape index (κ3) is 1.88. The molecule has 0 saturated carbocycles. The zero-order chi connectivity index (χ0) is 12.5. The highest BCUT2D eigenvalue weighted by Crippen LogP contribution is 2.17. The van der Waals surface area contributed by atoms with Crippen LogP contribution in [-0.2, 0) is 0 Å². The number of H-pyrrole nitrogens is 1. The van der Waals surface area contributed by atoms with E-state index in [1.807, 2.05) is 10.9 Å². The standard InChI is InChI=1S/C12H12N6/c1-8-3-9(2)5-11(4-8)18-7-10(6-13-18)12-14-16-17-15-12/h3-7H,1-2H3,(H,14,15,16,17). The lowest BCUT2D eigenvalue weighted by molar-refractivity contribution is 0.877. The highest BCUT2D eigenvalue weighted by atomic mass is 15.5. The smallest absolute Gasteiger partial charge is 0.207 e. The van der Waals surface area contributed by atoms with Gasteiger partial charge in [0.25, 0.3) is 0 Å². The van der Waals surface area contributed by atoms with Crippen LogP contribution in [0.2, 0.25) is 0 Å². The quantitative estimate of drug-likeness (QED) is 0.739. The fourth-order valence-electron chi connectivity index (χ4n) is 1.95. The minimum Gasteiger partial charge on any atom is -0.240 e. The van der Waals surface area contributed by atoms with Gasteiger partial charge in [-0.05, 0) is 42.3 Å². The van der Waals surface area contributed by atoms with Crippen molar-refractivity contribution >= 4 is 0 Å². The monoisotopic (exact) mass is 240 g/mol. The molecule has 2 heterocycles. The maximum absolute atomic E-state index is 4.32. The van der Waals surface area contributed by atoms with Crippen molar-refractivity contribution in [1.29, 1.82) is 0 Å². The van der Waals surface area contributed by atoms with Crippen molar-refractivity contribution in [3.05, 3.63) is 41.7 Å². The topological polar surface area (TPSA) is 72.3 Å². The summed E-state index contributed by atoms with van der Waals surface area (Å²) in [4.78, 5) is 0. The average Bonchev–Trinajstić information content (AvgIpc) is 2.99. The largest absolute Gasteiger partial charge is 0.240 e. The van der Waals surface area contributed by atoms with Gasteiger partial charge in [-0.1, -0.05) is 6.07 Å². The first-order valence-corrected chi connectivity index (χ1v) is 5.59. The predicted molar refractivity (Wildman–Crippen MR) is 66.2 cm³/mol. The maximum atomic E-state index is 4.32. The molecular formula is C12H12N6. The third-order valence-electron chi connectivity index (χ3n) is 2.66. The molecule has 3 aromatic rings. The van der Waals surface area contributed by atoms with Crippen molar-refractivity contribution in [2.45, 2.75) is 13.8 Å². The molecular weight excluding hydrogens is 228 g/mol. The second-order valence-electron chi connectivity index (χ2n) is 4.25. The molecule has 1 N–H and O–H groups in total. The van der Waals surface area contributed by atoms with E-state index in [4.69, 9.17) is 0 Å². The van der Waals surface area contributed by atoms with Crippen LogP contribution in [0.3, 0.4) is 0 Å². The Morgan fingerprint density at radius 1 is 1.11 bits per heavy atom. The highest BCUT2D eigenvalue weighted by molar-refractivity contribution is 5.52. The summed E-state index contributed by atoms with van der Waals surface area (Å²) in [5, 5.41) is 18.1. The molecule has 0 fully saturated rings. The van der Waals surface area contributed by atoms with E-state index in [2.05, 4.69) is 57.8 Å². The summed E-state index contributed by atoms with van der Waals surface area (Å²) in [7, 11) is 0. The van der Waals surface area contributed by atoms with E-state index in [9.17, 15) is 0 Å². The molecule has 0 atom stereocenters. The molecule has 18 heavy (non-hydrogen) atoms. The van der Waals surface area contributed by atoms with Crippen LogP contribution < -0.4 is 0 Å². The second kappa shape index (κ2) is 4.06. The number of nitrogens with zero attached hydrogens (tertiary/aromatic N) is 5. The van der Waals surface area contributed by atoms with E-state index in [1.165, 1.54) is 11.1 Å². The molecule has 6 nitrogen and oxygen atoms in total. The normalized spacial score (nSPS) is 10.8. The number of aromatic nitrogens is 6. The first-order chi connectivity index (χ1) is 8.72. The van der Waals surface area contributed by atoms with Gasteiger partial charge in [-0.25, -0.2) is 4.68 Å². The van der Waals surface area contributed by atoms with Crippen LogP contribution in [0.1, 0.15) is 11.1 Å². The number of nitrogens with one attached hydrogen (secondary N) is 1. The van der Waals surface area contributed by atoms with Crippen LogP contribution in [0.15, 0.2) is 30.6 Å². The molecule has 1 aromatic carbocycles. The summed E-state index contributed by atoms with van der Waals surface area (Å²) in [6, 6.07) is 6.30. The summed E-state index contributed by atoms with van der Waals surface area (Å²) >= 11 is 0. The number of hydrogen-bond donors (Lipinski definition) is 1. The molecule has 0 aliphatic carbocycles. The Hall–Kier alpha value is -2.50. The van der Waals surface area contributed by atoms with Gasteiger partial charge in [0.1, 0.15) is 0 Å². The van der Waals surface area contributed by atoms with Gasteiger partial charge in [0.05, 0.1) is 17.4 Å². The first kappa shape index (κ1) is 10.6. The molecule has 3 rings (SSSR count). The van der Waals surface area contributed by atoms with E-state index < -0.39 is 0 Å². The average molecular weight is 240 g/mol. The van der Waals surface area contributed by atoms with Crippen molar-refractivity contribution in [2.75, 3.05) is 0 Å². The van der Waals surface area contributed by atoms with Gasteiger partial charge in [0.2, 0.25) is 5.82 Å². The summed E-state index contributed by atoms with van der Waals surface area (Å²) in [5.74, 6) is 0.547. The van der Waals surface area contributed by atoms with E-state index >= 15 is 0 Å².